The molecule has 100 valence electrons. The summed E-state index contributed by atoms with van der Waals surface area (Å²) in [4.78, 5) is 15.2. The number of carbonyl (C=O) groups is 1. The largest absolute Gasteiger partial charge is 0.457 e. The molecule has 0 aliphatic rings. The normalized spacial score (nSPS) is 10.7. The number of ether oxygens (including phenoxy) is 1. The van der Waals surface area contributed by atoms with Crippen LogP contribution in [0.1, 0.15) is 15.9 Å². The number of benzene rings is 2. The number of hydrogen-bond acceptors (Lipinski definition) is 2. The Labute approximate surface area is 124 Å². The first-order chi connectivity index (χ1) is 9.74. The lowest BCUT2D eigenvalue weighted by atomic mass is 10.2. The highest BCUT2D eigenvalue weighted by atomic mass is 79.9. The molecule has 0 spiro atoms. The van der Waals surface area contributed by atoms with Crippen LogP contribution < -0.4 is 0 Å². The fourth-order valence-electron chi connectivity index (χ4n) is 2.09. The lowest BCUT2D eigenvalue weighted by Crippen LogP contribution is -2.04. The summed E-state index contributed by atoms with van der Waals surface area (Å²) in [5, 5.41) is 0.881. The molecule has 3 aromatic rings. The summed E-state index contributed by atoms with van der Waals surface area (Å²) in [6.07, 6.45) is 1.69. The fourth-order valence-corrected chi connectivity index (χ4v) is 2.54. The Balaban J connectivity index is 1.76. The van der Waals surface area contributed by atoms with Crippen LogP contribution in [0.3, 0.4) is 0 Å². The topological polar surface area (TPSA) is 42.1 Å². The van der Waals surface area contributed by atoms with E-state index in [1.807, 2.05) is 48.5 Å². The van der Waals surface area contributed by atoms with Crippen molar-refractivity contribution >= 4 is 32.8 Å². The van der Waals surface area contributed by atoms with Crippen molar-refractivity contribution in [3.8, 4) is 0 Å². The van der Waals surface area contributed by atoms with Crippen molar-refractivity contribution in [2.75, 3.05) is 0 Å². The van der Waals surface area contributed by atoms with Crippen molar-refractivity contribution in [2.45, 2.75) is 6.61 Å². The number of nitrogens with one attached hydrogen (secondary N) is 1. The Kier molecular flexibility index (Phi) is 3.56. The number of hydrogen-bond donors (Lipinski definition) is 1. The number of H-pyrrole nitrogens is 1. The first kappa shape index (κ1) is 12.9. The van der Waals surface area contributed by atoms with Gasteiger partial charge < -0.3 is 9.72 Å². The number of rotatable bonds is 3. The third-order valence-electron chi connectivity index (χ3n) is 3.07. The van der Waals surface area contributed by atoms with Crippen molar-refractivity contribution in [1.82, 2.24) is 4.98 Å². The summed E-state index contributed by atoms with van der Waals surface area (Å²) in [7, 11) is 0. The second kappa shape index (κ2) is 5.51. The van der Waals surface area contributed by atoms with Gasteiger partial charge in [0.1, 0.15) is 6.61 Å². The molecule has 1 heterocycles. The van der Waals surface area contributed by atoms with Crippen LogP contribution in [0, 0.1) is 0 Å². The molecule has 0 saturated carbocycles. The van der Waals surface area contributed by atoms with Crippen molar-refractivity contribution < 1.29 is 9.53 Å². The van der Waals surface area contributed by atoms with E-state index in [0.717, 1.165) is 20.9 Å². The number of carbonyl (C=O) groups excluding carboxylic acids is 1. The molecule has 3 nitrogen and oxygen atoms in total. The quantitative estimate of drug-likeness (QED) is 0.728. The maximum Gasteiger partial charge on any atom is 0.340 e. The molecule has 2 aromatic carbocycles. The van der Waals surface area contributed by atoms with E-state index in [4.69, 9.17) is 4.74 Å². The van der Waals surface area contributed by atoms with Gasteiger partial charge in [0.25, 0.3) is 0 Å². The lowest BCUT2D eigenvalue weighted by Gasteiger charge is -2.04. The van der Waals surface area contributed by atoms with Gasteiger partial charge in [-0.15, -0.1) is 0 Å². The average molecular weight is 330 g/mol. The van der Waals surface area contributed by atoms with Crippen molar-refractivity contribution in [2.24, 2.45) is 0 Å². The van der Waals surface area contributed by atoms with Gasteiger partial charge in [-0.25, -0.2) is 4.79 Å². The Bertz CT molecular complexity index is 764. The van der Waals surface area contributed by atoms with Crippen LogP contribution in [-0.4, -0.2) is 11.0 Å². The second-order valence-electron chi connectivity index (χ2n) is 4.45. The zero-order chi connectivity index (χ0) is 13.9. The molecule has 0 atom stereocenters. The van der Waals surface area contributed by atoms with E-state index in [9.17, 15) is 4.79 Å². The van der Waals surface area contributed by atoms with Gasteiger partial charge in [-0.1, -0.05) is 46.3 Å². The molecule has 4 heteroatoms. The van der Waals surface area contributed by atoms with Crippen LogP contribution in [0.25, 0.3) is 10.9 Å². The second-order valence-corrected chi connectivity index (χ2v) is 5.37. The van der Waals surface area contributed by atoms with E-state index in [-0.39, 0.29) is 12.6 Å². The van der Waals surface area contributed by atoms with Gasteiger partial charge in [-0.05, 0) is 23.8 Å². The molecule has 0 amide bonds. The van der Waals surface area contributed by atoms with Crippen molar-refractivity contribution in [3.63, 3.8) is 0 Å². The van der Waals surface area contributed by atoms with E-state index in [1.54, 1.807) is 6.20 Å². The van der Waals surface area contributed by atoms with Gasteiger partial charge in [-0.2, -0.15) is 0 Å². The molecule has 1 aromatic heterocycles. The van der Waals surface area contributed by atoms with Crippen LogP contribution in [-0.2, 0) is 11.3 Å². The van der Waals surface area contributed by atoms with E-state index in [0.29, 0.717) is 5.56 Å². The molecule has 3 rings (SSSR count). The molecular weight excluding hydrogens is 318 g/mol. The van der Waals surface area contributed by atoms with Gasteiger partial charge in [0.2, 0.25) is 0 Å². The number of aromatic nitrogens is 1. The minimum atomic E-state index is -0.317. The van der Waals surface area contributed by atoms with Gasteiger partial charge in [-0.3, -0.25) is 0 Å². The molecule has 1 N–H and O–H groups in total. The lowest BCUT2D eigenvalue weighted by molar-refractivity contribution is 0.0475. The number of para-hydroxylation sites is 1. The van der Waals surface area contributed by atoms with Gasteiger partial charge in [0.05, 0.1) is 5.56 Å². The predicted molar refractivity (Wildman–Crippen MR) is 81.6 cm³/mol. The van der Waals surface area contributed by atoms with E-state index in [1.165, 1.54) is 0 Å². The highest BCUT2D eigenvalue weighted by Gasteiger charge is 2.13. The van der Waals surface area contributed by atoms with Crippen LogP contribution >= 0.6 is 15.9 Å². The van der Waals surface area contributed by atoms with Crippen LogP contribution in [0.15, 0.2) is 59.2 Å². The van der Waals surface area contributed by atoms with Gasteiger partial charge in [0, 0.05) is 21.6 Å². The summed E-state index contributed by atoms with van der Waals surface area (Å²) in [6.45, 7) is 0.262. The van der Waals surface area contributed by atoms with Crippen molar-refractivity contribution in [1.29, 1.82) is 0 Å². The third kappa shape index (κ3) is 2.60. The van der Waals surface area contributed by atoms with E-state index >= 15 is 0 Å². The predicted octanol–water partition coefficient (Wildman–Crippen LogP) is 4.29. The molecule has 0 radical (unpaired) electrons. The average Bonchev–Trinajstić information content (AvgIpc) is 2.89. The zero-order valence-electron chi connectivity index (χ0n) is 10.6. The van der Waals surface area contributed by atoms with Crippen LogP contribution in [0.4, 0.5) is 0 Å². The molecule has 0 unspecified atom stereocenters. The molecule has 0 aliphatic heterocycles. The monoisotopic (exact) mass is 329 g/mol. The Morgan fingerprint density at radius 2 is 2.00 bits per heavy atom. The summed E-state index contributed by atoms with van der Waals surface area (Å²) >= 11 is 3.39. The van der Waals surface area contributed by atoms with Crippen LogP contribution in [0.5, 0.6) is 0 Å². The Hall–Kier alpha value is -2.07. The van der Waals surface area contributed by atoms with Gasteiger partial charge in [0.15, 0.2) is 0 Å². The third-order valence-corrected chi connectivity index (χ3v) is 3.56. The first-order valence-electron chi connectivity index (χ1n) is 6.22. The summed E-state index contributed by atoms with van der Waals surface area (Å²) in [6, 6.07) is 15.4. The maximum atomic E-state index is 12.1. The standard InChI is InChI=1S/C16H12BrNO2/c17-12-5-3-4-11(8-12)10-20-16(19)14-9-18-15-7-2-1-6-13(14)15/h1-9,18H,10H2. The highest BCUT2D eigenvalue weighted by Crippen LogP contribution is 2.19. The fraction of sp³-hybridized carbons (Fsp3) is 0.0625. The molecule has 0 bridgehead atoms. The van der Waals surface area contributed by atoms with E-state index in [2.05, 4.69) is 20.9 Å². The van der Waals surface area contributed by atoms with Gasteiger partial charge >= 0.3 is 5.97 Å². The SMILES string of the molecule is O=C(OCc1cccc(Br)c1)c1c[nH]c2ccccc12. The van der Waals surface area contributed by atoms with E-state index < -0.39 is 0 Å². The minimum absolute atomic E-state index is 0.262. The summed E-state index contributed by atoms with van der Waals surface area (Å²) in [5.41, 5.74) is 2.45. The molecular formula is C16H12BrNO2. The first-order valence-corrected chi connectivity index (χ1v) is 7.01. The molecule has 0 saturated heterocycles. The highest BCUT2D eigenvalue weighted by molar-refractivity contribution is 9.10. The number of esters is 1. The zero-order valence-corrected chi connectivity index (χ0v) is 12.2. The van der Waals surface area contributed by atoms with Crippen molar-refractivity contribution in [3.05, 3.63) is 70.3 Å². The number of fused-ring (bicyclic) bond motifs is 1. The summed E-state index contributed by atoms with van der Waals surface area (Å²) in [5.74, 6) is -0.317. The Morgan fingerprint density at radius 1 is 1.15 bits per heavy atom. The molecule has 0 fully saturated rings. The minimum Gasteiger partial charge on any atom is -0.457 e. The Morgan fingerprint density at radius 3 is 2.85 bits per heavy atom. The molecule has 20 heavy (non-hydrogen) atoms. The number of halogens is 1. The smallest absolute Gasteiger partial charge is 0.340 e. The maximum absolute atomic E-state index is 12.1. The van der Waals surface area contributed by atoms with Crippen LogP contribution in [0.2, 0.25) is 0 Å². The number of aromatic amines is 1. The molecule has 0 aliphatic carbocycles. The summed E-state index contributed by atoms with van der Waals surface area (Å²) < 4.78 is 6.33.